The molecule has 0 spiro atoms. The van der Waals surface area contributed by atoms with E-state index in [9.17, 15) is 15.2 Å². The lowest BCUT2D eigenvalue weighted by Crippen LogP contribution is -2.46. The van der Waals surface area contributed by atoms with Gasteiger partial charge in [0.1, 0.15) is 6.23 Å². The molecule has 192 valence electrons. The number of aliphatic hydroxyl groups excluding tert-OH is 1. The number of nitriles is 1. The van der Waals surface area contributed by atoms with Crippen molar-refractivity contribution in [2.24, 2.45) is 11.7 Å². The van der Waals surface area contributed by atoms with Crippen LogP contribution in [-0.4, -0.2) is 38.8 Å². The minimum absolute atomic E-state index is 0.00891. The summed E-state index contributed by atoms with van der Waals surface area (Å²) in [6.07, 6.45) is 3.95. The first kappa shape index (κ1) is 25.2. The molecule has 2 heterocycles. The molecule has 5 rings (SSSR count). The zero-order valence-electron chi connectivity index (χ0n) is 21.2. The van der Waals surface area contributed by atoms with Gasteiger partial charge in [0.15, 0.2) is 5.82 Å². The van der Waals surface area contributed by atoms with Crippen LogP contribution in [0.5, 0.6) is 0 Å². The minimum Gasteiger partial charge on any atom is -0.374 e. The summed E-state index contributed by atoms with van der Waals surface area (Å²) in [4.78, 5) is 14.7. The monoisotopic (exact) mass is 498 g/mol. The summed E-state index contributed by atoms with van der Waals surface area (Å²) in [5, 5.41) is 27.2. The van der Waals surface area contributed by atoms with Crippen LogP contribution in [0.1, 0.15) is 55.0 Å². The molecule has 1 unspecified atom stereocenters. The first-order valence-corrected chi connectivity index (χ1v) is 13.0. The van der Waals surface area contributed by atoms with Gasteiger partial charge < -0.3 is 16.2 Å². The van der Waals surface area contributed by atoms with Crippen molar-refractivity contribution in [3.8, 4) is 17.2 Å². The molecule has 4 N–H and O–H groups in total. The van der Waals surface area contributed by atoms with Gasteiger partial charge >= 0.3 is 0 Å². The number of aliphatic hydroxyl groups is 1. The molecule has 2 aromatic carbocycles. The van der Waals surface area contributed by atoms with E-state index in [1.54, 1.807) is 10.9 Å². The summed E-state index contributed by atoms with van der Waals surface area (Å²) in [5.74, 6) is 0.208. The molecule has 0 radical (unpaired) electrons. The summed E-state index contributed by atoms with van der Waals surface area (Å²) in [6.45, 7) is 4.62. The molecule has 1 saturated carbocycles. The maximum atomic E-state index is 12.3. The van der Waals surface area contributed by atoms with E-state index < -0.39 is 11.8 Å². The normalized spacial score (nSPS) is 18.2. The van der Waals surface area contributed by atoms with E-state index in [0.717, 1.165) is 45.3 Å². The standard InChI is InChI=1S/C29H34N6O2/c1-20-17-21(7-10-24(20)22-5-3-2-4-6-22)18-34-15-12-29(11-14-30,13-16-34)35-19-25(26(31)36)27(33-35)32-28(37)23-8-9-23/h2-7,10,17,19,23,26,36H,8-9,11-13,15-16,18,31H2,1H3,(H,32,33,37). The van der Waals surface area contributed by atoms with Crippen molar-refractivity contribution in [3.63, 3.8) is 0 Å². The Bertz CT molecular complexity index is 1300. The Kier molecular flexibility index (Phi) is 7.11. The van der Waals surface area contributed by atoms with Crippen molar-refractivity contribution in [1.29, 1.82) is 5.26 Å². The summed E-state index contributed by atoms with van der Waals surface area (Å²) < 4.78 is 1.76. The topological polar surface area (TPSA) is 120 Å². The van der Waals surface area contributed by atoms with Crippen molar-refractivity contribution in [2.75, 3.05) is 18.4 Å². The van der Waals surface area contributed by atoms with E-state index in [4.69, 9.17) is 5.73 Å². The molecule has 1 aliphatic heterocycles. The molecular formula is C29H34N6O2. The Morgan fingerprint density at radius 2 is 1.97 bits per heavy atom. The van der Waals surface area contributed by atoms with Crippen LogP contribution in [0.15, 0.2) is 54.7 Å². The quantitative estimate of drug-likeness (QED) is 0.403. The van der Waals surface area contributed by atoms with E-state index in [2.05, 4.69) is 70.8 Å². The molecule has 2 fully saturated rings. The number of benzene rings is 2. The number of amides is 1. The third-order valence-corrected chi connectivity index (χ3v) is 7.71. The van der Waals surface area contributed by atoms with Gasteiger partial charge in [-0.05, 0) is 54.9 Å². The number of piperidine rings is 1. The second kappa shape index (κ2) is 10.5. The first-order chi connectivity index (χ1) is 17.9. The molecule has 2 aliphatic rings. The number of anilines is 1. The van der Waals surface area contributed by atoms with Crippen LogP contribution in [0.2, 0.25) is 0 Å². The van der Waals surface area contributed by atoms with E-state index in [0.29, 0.717) is 17.8 Å². The van der Waals surface area contributed by atoms with Crippen LogP contribution < -0.4 is 11.1 Å². The predicted molar refractivity (Wildman–Crippen MR) is 142 cm³/mol. The molecule has 1 amide bonds. The lowest BCUT2D eigenvalue weighted by Gasteiger charge is -2.40. The summed E-state index contributed by atoms with van der Waals surface area (Å²) in [5.41, 5.74) is 10.6. The number of likely N-dealkylation sites (tertiary alicyclic amines) is 1. The van der Waals surface area contributed by atoms with E-state index in [1.807, 2.05) is 6.07 Å². The number of nitrogens with zero attached hydrogens (tertiary/aromatic N) is 4. The molecule has 8 nitrogen and oxygen atoms in total. The number of aromatic nitrogens is 2. The fourth-order valence-corrected chi connectivity index (χ4v) is 5.29. The van der Waals surface area contributed by atoms with Gasteiger partial charge in [-0.15, -0.1) is 0 Å². The van der Waals surface area contributed by atoms with E-state index in [-0.39, 0.29) is 11.8 Å². The number of rotatable bonds is 8. The highest BCUT2D eigenvalue weighted by Gasteiger charge is 2.39. The number of aryl methyl sites for hydroxylation is 1. The number of carbonyl (C=O) groups is 1. The Morgan fingerprint density at radius 1 is 1.24 bits per heavy atom. The Labute approximate surface area is 217 Å². The molecular weight excluding hydrogens is 464 g/mol. The van der Waals surface area contributed by atoms with Crippen molar-refractivity contribution in [2.45, 2.75) is 57.3 Å². The Morgan fingerprint density at radius 3 is 2.59 bits per heavy atom. The van der Waals surface area contributed by atoms with Gasteiger partial charge in [-0.1, -0.05) is 48.5 Å². The summed E-state index contributed by atoms with van der Waals surface area (Å²) in [7, 11) is 0. The highest BCUT2D eigenvalue weighted by molar-refractivity contribution is 5.93. The zero-order chi connectivity index (χ0) is 26.0. The maximum Gasteiger partial charge on any atom is 0.228 e. The second-order valence-electron chi connectivity index (χ2n) is 10.4. The van der Waals surface area contributed by atoms with Crippen LogP contribution in [0.25, 0.3) is 11.1 Å². The molecule has 1 aliphatic carbocycles. The Balaban J connectivity index is 1.29. The number of nitrogens with two attached hydrogens (primary N) is 1. The molecule has 1 saturated heterocycles. The fourth-order valence-electron chi connectivity index (χ4n) is 5.29. The van der Waals surface area contributed by atoms with Gasteiger partial charge in [-0.25, -0.2) is 0 Å². The van der Waals surface area contributed by atoms with Gasteiger partial charge in [-0.3, -0.25) is 14.4 Å². The van der Waals surface area contributed by atoms with Crippen LogP contribution in [0, 0.1) is 24.2 Å². The molecule has 3 aromatic rings. The molecule has 0 bridgehead atoms. The van der Waals surface area contributed by atoms with Gasteiger partial charge in [0, 0.05) is 31.7 Å². The average Bonchev–Trinajstić information content (AvgIpc) is 3.66. The van der Waals surface area contributed by atoms with Gasteiger partial charge in [0.05, 0.1) is 23.6 Å². The molecule has 37 heavy (non-hydrogen) atoms. The van der Waals surface area contributed by atoms with E-state index in [1.165, 1.54) is 22.3 Å². The third-order valence-electron chi connectivity index (χ3n) is 7.71. The van der Waals surface area contributed by atoms with Crippen molar-refractivity contribution < 1.29 is 9.90 Å². The van der Waals surface area contributed by atoms with E-state index >= 15 is 0 Å². The number of hydrogen-bond donors (Lipinski definition) is 3. The fraction of sp³-hybridized carbons (Fsp3) is 0.414. The van der Waals surface area contributed by atoms with Gasteiger partial charge in [0.25, 0.3) is 0 Å². The van der Waals surface area contributed by atoms with Crippen molar-refractivity contribution in [1.82, 2.24) is 14.7 Å². The average molecular weight is 499 g/mol. The second-order valence-corrected chi connectivity index (χ2v) is 10.4. The molecule has 1 aromatic heterocycles. The Hall–Kier alpha value is -3.51. The lowest BCUT2D eigenvalue weighted by molar-refractivity contribution is -0.117. The van der Waals surface area contributed by atoms with Crippen LogP contribution in [0.4, 0.5) is 5.82 Å². The maximum absolute atomic E-state index is 12.3. The summed E-state index contributed by atoms with van der Waals surface area (Å²) >= 11 is 0. The van der Waals surface area contributed by atoms with Gasteiger partial charge in [0.2, 0.25) is 5.91 Å². The number of carbonyl (C=O) groups excluding carboxylic acids is 1. The third kappa shape index (κ3) is 5.44. The number of hydrogen-bond acceptors (Lipinski definition) is 6. The highest BCUT2D eigenvalue weighted by Crippen LogP contribution is 2.37. The molecule has 1 atom stereocenters. The lowest BCUT2D eigenvalue weighted by atomic mass is 9.84. The summed E-state index contributed by atoms with van der Waals surface area (Å²) in [6, 6.07) is 19.4. The van der Waals surface area contributed by atoms with Crippen molar-refractivity contribution >= 4 is 11.7 Å². The van der Waals surface area contributed by atoms with Crippen molar-refractivity contribution in [3.05, 3.63) is 71.4 Å². The SMILES string of the molecule is Cc1cc(CN2CCC(CC#N)(n3cc(C(N)O)c(NC(=O)C4CC4)n3)CC2)ccc1-c1ccccc1. The predicted octanol–water partition coefficient (Wildman–Crippen LogP) is 4.06. The first-order valence-electron chi connectivity index (χ1n) is 13.0. The zero-order valence-corrected chi connectivity index (χ0v) is 21.2. The van der Waals surface area contributed by atoms with Crippen LogP contribution >= 0.6 is 0 Å². The van der Waals surface area contributed by atoms with Crippen LogP contribution in [-0.2, 0) is 16.9 Å². The molecule has 8 heteroatoms. The largest absolute Gasteiger partial charge is 0.374 e. The van der Waals surface area contributed by atoms with Crippen LogP contribution in [0.3, 0.4) is 0 Å². The highest BCUT2D eigenvalue weighted by atomic mass is 16.3. The van der Waals surface area contributed by atoms with Gasteiger partial charge in [-0.2, -0.15) is 10.4 Å². The minimum atomic E-state index is -1.26. The smallest absolute Gasteiger partial charge is 0.228 e. The number of nitrogens with one attached hydrogen (secondary N) is 1.